The molecule has 6 nitrogen and oxygen atoms in total. The third-order valence-electron chi connectivity index (χ3n) is 5.88. The maximum absolute atomic E-state index is 13.1. The van der Waals surface area contributed by atoms with Gasteiger partial charge in [-0.05, 0) is 62.1 Å². The van der Waals surface area contributed by atoms with Crippen molar-refractivity contribution in [1.82, 2.24) is 4.31 Å². The summed E-state index contributed by atoms with van der Waals surface area (Å²) in [5, 5.41) is 0. The van der Waals surface area contributed by atoms with Crippen molar-refractivity contribution >= 4 is 16.0 Å². The van der Waals surface area contributed by atoms with Crippen molar-refractivity contribution in [2.75, 3.05) is 26.8 Å². The zero-order valence-electron chi connectivity index (χ0n) is 18.4. The number of hydrogen-bond donors (Lipinski definition) is 0. The fourth-order valence-corrected chi connectivity index (χ4v) is 5.48. The van der Waals surface area contributed by atoms with Gasteiger partial charge in [0, 0.05) is 13.1 Å². The number of halogens is 3. The molecule has 180 valence electrons. The molecule has 0 bridgehead atoms. The number of piperidine rings is 1. The number of nitrogens with zero attached hydrogens (tertiary/aromatic N) is 1. The number of methoxy groups -OCH3 is 1. The number of esters is 1. The quantitative estimate of drug-likeness (QED) is 0.547. The third kappa shape index (κ3) is 5.50. The van der Waals surface area contributed by atoms with E-state index in [0.717, 1.165) is 12.1 Å². The Labute approximate surface area is 191 Å². The van der Waals surface area contributed by atoms with Crippen LogP contribution in [0.15, 0.2) is 53.4 Å². The van der Waals surface area contributed by atoms with Gasteiger partial charge in [-0.1, -0.05) is 18.2 Å². The fraction of sp³-hybridized carbons (Fsp3) is 0.435. The van der Waals surface area contributed by atoms with Gasteiger partial charge in [0.2, 0.25) is 10.0 Å². The zero-order chi connectivity index (χ0) is 24.3. The molecule has 1 fully saturated rings. The topological polar surface area (TPSA) is 72.9 Å². The standard InChI is InChI=1S/C23H26F3NO5S/c1-3-32-21(28)22(16-17-5-4-6-18(15-17)23(24,25)26)11-13-27(14-12-22)33(29,30)20-9-7-19(31-2)8-10-20/h4-10,15H,3,11-14,16H2,1-2H3. The normalized spacial score (nSPS) is 16.9. The second-order valence-electron chi connectivity index (χ2n) is 7.96. The summed E-state index contributed by atoms with van der Waals surface area (Å²) in [4.78, 5) is 13.0. The van der Waals surface area contributed by atoms with Crippen molar-refractivity contribution in [3.8, 4) is 5.75 Å². The molecule has 1 aliphatic rings. The summed E-state index contributed by atoms with van der Waals surface area (Å²) in [7, 11) is -2.32. The van der Waals surface area contributed by atoms with Crippen LogP contribution in [0.2, 0.25) is 0 Å². The zero-order valence-corrected chi connectivity index (χ0v) is 19.2. The number of ether oxygens (including phenoxy) is 2. The van der Waals surface area contributed by atoms with Crippen molar-refractivity contribution in [1.29, 1.82) is 0 Å². The molecule has 3 rings (SSSR count). The van der Waals surface area contributed by atoms with Gasteiger partial charge in [0.15, 0.2) is 0 Å². The minimum Gasteiger partial charge on any atom is -0.497 e. The lowest BCUT2D eigenvalue weighted by Crippen LogP contribution is -2.48. The molecule has 33 heavy (non-hydrogen) atoms. The van der Waals surface area contributed by atoms with E-state index in [1.165, 1.54) is 35.7 Å². The summed E-state index contributed by atoms with van der Waals surface area (Å²) in [5.41, 5.74) is -1.55. The number of hydrogen-bond acceptors (Lipinski definition) is 5. The highest BCUT2D eigenvalue weighted by Gasteiger charge is 2.45. The molecule has 0 saturated carbocycles. The summed E-state index contributed by atoms with van der Waals surface area (Å²) in [6.45, 7) is 1.87. The lowest BCUT2D eigenvalue weighted by Gasteiger charge is -2.39. The lowest BCUT2D eigenvalue weighted by molar-refractivity contribution is -0.158. The molecule has 0 aliphatic carbocycles. The van der Waals surface area contributed by atoms with Gasteiger partial charge in [0.1, 0.15) is 5.75 Å². The van der Waals surface area contributed by atoms with Crippen LogP contribution in [0, 0.1) is 5.41 Å². The molecule has 10 heteroatoms. The predicted octanol–water partition coefficient (Wildman–Crippen LogP) is 4.29. The predicted molar refractivity (Wildman–Crippen MR) is 115 cm³/mol. The summed E-state index contributed by atoms with van der Waals surface area (Å²) in [6, 6.07) is 10.8. The van der Waals surface area contributed by atoms with Crippen molar-refractivity contribution in [3.63, 3.8) is 0 Å². The van der Waals surface area contributed by atoms with Gasteiger partial charge in [-0.15, -0.1) is 0 Å². The van der Waals surface area contributed by atoms with E-state index in [-0.39, 0.29) is 43.9 Å². The van der Waals surface area contributed by atoms with Crippen LogP contribution in [0.3, 0.4) is 0 Å². The second kappa shape index (κ2) is 9.72. The van der Waals surface area contributed by atoms with E-state index in [4.69, 9.17) is 9.47 Å². The van der Waals surface area contributed by atoms with Crippen LogP contribution >= 0.6 is 0 Å². The fourth-order valence-electron chi connectivity index (χ4n) is 4.04. The number of rotatable bonds is 7. The van der Waals surface area contributed by atoms with Crippen LogP contribution in [0.5, 0.6) is 5.75 Å². The van der Waals surface area contributed by atoms with Gasteiger partial charge < -0.3 is 9.47 Å². The average molecular weight is 486 g/mol. The minimum absolute atomic E-state index is 0.0339. The molecule has 0 N–H and O–H groups in total. The molecule has 0 radical (unpaired) electrons. The van der Waals surface area contributed by atoms with Crippen molar-refractivity contribution < 1.29 is 35.9 Å². The molecule has 0 atom stereocenters. The average Bonchev–Trinajstić information content (AvgIpc) is 2.79. The highest BCUT2D eigenvalue weighted by Crippen LogP contribution is 2.39. The Kier molecular flexibility index (Phi) is 7.38. The Hall–Kier alpha value is -2.59. The Bertz CT molecular complexity index is 1080. The molecule has 0 aromatic heterocycles. The van der Waals surface area contributed by atoms with Crippen LogP contribution in [0.25, 0.3) is 0 Å². The van der Waals surface area contributed by atoms with Gasteiger partial charge in [0.25, 0.3) is 0 Å². The Balaban J connectivity index is 1.83. The molecule has 0 amide bonds. The number of carbonyl (C=O) groups excluding carboxylic acids is 1. The van der Waals surface area contributed by atoms with E-state index < -0.39 is 33.1 Å². The van der Waals surface area contributed by atoms with Gasteiger partial charge in [-0.25, -0.2) is 8.42 Å². The van der Waals surface area contributed by atoms with Crippen LogP contribution < -0.4 is 4.74 Å². The highest BCUT2D eigenvalue weighted by molar-refractivity contribution is 7.89. The number of sulfonamides is 1. The van der Waals surface area contributed by atoms with E-state index >= 15 is 0 Å². The monoisotopic (exact) mass is 485 g/mol. The van der Waals surface area contributed by atoms with Crippen LogP contribution in [0.4, 0.5) is 13.2 Å². The van der Waals surface area contributed by atoms with Crippen LogP contribution in [-0.4, -0.2) is 45.5 Å². The first-order chi connectivity index (χ1) is 15.5. The summed E-state index contributed by atoms with van der Waals surface area (Å²) >= 11 is 0. The summed E-state index contributed by atoms with van der Waals surface area (Å²) in [6.07, 6.45) is -4.19. The Morgan fingerprint density at radius 1 is 1.09 bits per heavy atom. The molecule has 0 unspecified atom stereocenters. The smallest absolute Gasteiger partial charge is 0.416 e. The highest BCUT2D eigenvalue weighted by atomic mass is 32.2. The van der Waals surface area contributed by atoms with Crippen molar-refractivity contribution in [3.05, 3.63) is 59.7 Å². The van der Waals surface area contributed by atoms with Crippen molar-refractivity contribution in [2.45, 2.75) is 37.3 Å². The maximum atomic E-state index is 13.1. The van der Waals surface area contributed by atoms with Gasteiger partial charge >= 0.3 is 12.1 Å². The lowest BCUT2D eigenvalue weighted by atomic mass is 9.74. The van der Waals surface area contributed by atoms with Crippen molar-refractivity contribution in [2.24, 2.45) is 5.41 Å². The Morgan fingerprint density at radius 3 is 2.27 bits per heavy atom. The number of carbonyl (C=O) groups is 1. The van der Waals surface area contributed by atoms with E-state index in [1.54, 1.807) is 19.1 Å². The van der Waals surface area contributed by atoms with E-state index in [1.807, 2.05) is 0 Å². The SMILES string of the molecule is CCOC(=O)C1(Cc2cccc(C(F)(F)F)c2)CCN(S(=O)(=O)c2ccc(OC)cc2)CC1. The van der Waals surface area contributed by atoms with E-state index in [0.29, 0.717) is 11.3 Å². The van der Waals surface area contributed by atoms with Gasteiger partial charge in [0.05, 0.1) is 29.6 Å². The van der Waals surface area contributed by atoms with Crippen LogP contribution in [-0.2, 0) is 32.2 Å². The molecule has 2 aromatic rings. The van der Waals surface area contributed by atoms with E-state index in [2.05, 4.69) is 0 Å². The summed E-state index contributed by atoms with van der Waals surface area (Å²) < 4.78 is 77.1. The van der Waals surface area contributed by atoms with Gasteiger partial charge in [-0.3, -0.25) is 4.79 Å². The molecule has 0 spiro atoms. The second-order valence-corrected chi connectivity index (χ2v) is 9.89. The Morgan fingerprint density at radius 2 is 1.73 bits per heavy atom. The molecular formula is C23H26F3NO5S. The third-order valence-corrected chi connectivity index (χ3v) is 7.79. The first-order valence-electron chi connectivity index (χ1n) is 10.5. The largest absolute Gasteiger partial charge is 0.497 e. The first kappa shape index (κ1) is 25.0. The first-order valence-corrected chi connectivity index (χ1v) is 11.9. The molecule has 1 heterocycles. The minimum atomic E-state index is -4.50. The molecule has 2 aromatic carbocycles. The van der Waals surface area contributed by atoms with Crippen LogP contribution in [0.1, 0.15) is 30.9 Å². The van der Waals surface area contributed by atoms with Gasteiger partial charge in [-0.2, -0.15) is 17.5 Å². The number of benzene rings is 2. The number of alkyl halides is 3. The molecule has 1 saturated heterocycles. The van der Waals surface area contributed by atoms with E-state index in [9.17, 15) is 26.4 Å². The maximum Gasteiger partial charge on any atom is 0.416 e. The summed E-state index contributed by atoms with van der Waals surface area (Å²) in [5.74, 6) is -0.00100. The molecule has 1 aliphatic heterocycles. The molecular weight excluding hydrogens is 459 g/mol.